The van der Waals surface area contributed by atoms with Gasteiger partial charge in [-0.2, -0.15) is 0 Å². The van der Waals surface area contributed by atoms with Crippen LogP contribution in [-0.4, -0.2) is 20.7 Å². The average Bonchev–Trinajstić information content (AvgIpc) is 2.27. The number of ether oxygens (including phenoxy) is 1. The molecule has 1 N–H and O–H groups in total. The number of rotatable bonds is 6. The maximum absolute atomic E-state index is 5.20. The standard InChI is InChI=1S/C13H21NO/c1-11(10-14-2)7-8-12-5-4-6-13(9-12)15-3/h4-6,9,11,14H,7-8,10H2,1-3H3. The van der Waals surface area contributed by atoms with Crippen LogP contribution in [0.15, 0.2) is 24.3 Å². The zero-order chi connectivity index (χ0) is 11.1. The molecule has 0 aliphatic carbocycles. The van der Waals surface area contributed by atoms with Gasteiger partial charge in [-0.1, -0.05) is 19.1 Å². The molecule has 0 saturated carbocycles. The van der Waals surface area contributed by atoms with Gasteiger partial charge in [-0.3, -0.25) is 0 Å². The van der Waals surface area contributed by atoms with Crippen molar-refractivity contribution < 1.29 is 4.74 Å². The lowest BCUT2D eigenvalue weighted by Gasteiger charge is -2.10. The maximum atomic E-state index is 5.20. The van der Waals surface area contributed by atoms with Gasteiger partial charge in [-0.25, -0.2) is 0 Å². The molecule has 0 bridgehead atoms. The van der Waals surface area contributed by atoms with Crippen molar-refractivity contribution in [2.24, 2.45) is 5.92 Å². The van der Waals surface area contributed by atoms with E-state index in [1.165, 1.54) is 12.0 Å². The fourth-order valence-electron chi connectivity index (χ4n) is 1.69. The zero-order valence-electron chi connectivity index (χ0n) is 9.92. The van der Waals surface area contributed by atoms with Gasteiger partial charge in [0.05, 0.1) is 7.11 Å². The third-order valence-electron chi connectivity index (χ3n) is 2.61. The Labute approximate surface area is 92.6 Å². The molecule has 0 aliphatic heterocycles. The lowest BCUT2D eigenvalue weighted by molar-refractivity contribution is 0.414. The molecule has 1 aromatic rings. The Hall–Kier alpha value is -1.02. The lowest BCUT2D eigenvalue weighted by Crippen LogP contribution is -2.16. The highest BCUT2D eigenvalue weighted by Crippen LogP contribution is 2.15. The van der Waals surface area contributed by atoms with Crippen molar-refractivity contribution in [2.75, 3.05) is 20.7 Å². The second-order valence-corrected chi connectivity index (χ2v) is 4.05. The molecule has 1 rings (SSSR count). The van der Waals surface area contributed by atoms with E-state index in [0.29, 0.717) is 0 Å². The summed E-state index contributed by atoms with van der Waals surface area (Å²) in [6.07, 6.45) is 2.34. The number of aryl methyl sites for hydroxylation is 1. The summed E-state index contributed by atoms with van der Waals surface area (Å²) in [5.41, 5.74) is 1.36. The van der Waals surface area contributed by atoms with E-state index < -0.39 is 0 Å². The Kier molecular flexibility index (Phi) is 5.19. The summed E-state index contributed by atoms with van der Waals surface area (Å²) < 4.78 is 5.20. The molecule has 0 spiro atoms. The molecule has 0 heterocycles. The summed E-state index contributed by atoms with van der Waals surface area (Å²) >= 11 is 0. The minimum atomic E-state index is 0.723. The fraction of sp³-hybridized carbons (Fsp3) is 0.538. The van der Waals surface area contributed by atoms with E-state index in [9.17, 15) is 0 Å². The third kappa shape index (κ3) is 4.34. The van der Waals surface area contributed by atoms with Crippen molar-refractivity contribution in [1.29, 1.82) is 0 Å². The van der Waals surface area contributed by atoms with Crippen LogP contribution < -0.4 is 10.1 Å². The van der Waals surface area contributed by atoms with Gasteiger partial charge in [-0.05, 0) is 50.0 Å². The first-order chi connectivity index (χ1) is 7.26. The molecular formula is C13H21NO. The average molecular weight is 207 g/mol. The highest BCUT2D eigenvalue weighted by molar-refractivity contribution is 5.28. The van der Waals surface area contributed by atoms with Crippen molar-refractivity contribution in [3.63, 3.8) is 0 Å². The number of methoxy groups -OCH3 is 1. The van der Waals surface area contributed by atoms with Crippen molar-refractivity contribution in [2.45, 2.75) is 19.8 Å². The van der Waals surface area contributed by atoms with Crippen molar-refractivity contribution in [3.8, 4) is 5.75 Å². The molecule has 15 heavy (non-hydrogen) atoms. The monoisotopic (exact) mass is 207 g/mol. The van der Waals surface area contributed by atoms with E-state index in [0.717, 1.165) is 24.6 Å². The largest absolute Gasteiger partial charge is 0.497 e. The quantitative estimate of drug-likeness (QED) is 0.773. The Morgan fingerprint density at radius 1 is 1.40 bits per heavy atom. The predicted molar refractivity (Wildman–Crippen MR) is 64.4 cm³/mol. The second-order valence-electron chi connectivity index (χ2n) is 4.05. The van der Waals surface area contributed by atoms with Gasteiger partial charge in [-0.15, -0.1) is 0 Å². The summed E-state index contributed by atoms with van der Waals surface area (Å²) in [5.74, 6) is 1.68. The molecule has 1 unspecified atom stereocenters. The van der Waals surface area contributed by atoms with Gasteiger partial charge >= 0.3 is 0 Å². The van der Waals surface area contributed by atoms with E-state index in [-0.39, 0.29) is 0 Å². The number of nitrogens with one attached hydrogen (secondary N) is 1. The smallest absolute Gasteiger partial charge is 0.119 e. The van der Waals surface area contributed by atoms with Crippen LogP contribution >= 0.6 is 0 Å². The van der Waals surface area contributed by atoms with E-state index in [1.807, 2.05) is 13.1 Å². The summed E-state index contributed by atoms with van der Waals surface area (Å²) in [6.45, 7) is 3.36. The van der Waals surface area contributed by atoms with Gasteiger partial charge in [0.15, 0.2) is 0 Å². The van der Waals surface area contributed by atoms with Gasteiger partial charge in [0, 0.05) is 0 Å². The Bertz CT molecular complexity index is 286. The molecule has 0 amide bonds. The molecule has 2 nitrogen and oxygen atoms in total. The Morgan fingerprint density at radius 3 is 2.87 bits per heavy atom. The topological polar surface area (TPSA) is 21.3 Å². The Balaban J connectivity index is 2.43. The van der Waals surface area contributed by atoms with Crippen molar-refractivity contribution in [3.05, 3.63) is 29.8 Å². The van der Waals surface area contributed by atoms with Gasteiger partial charge in [0.2, 0.25) is 0 Å². The van der Waals surface area contributed by atoms with Crippen molar-refractivity contribution in [1.82, 2.24) is 5.32 Å². The molecule has 0 saturated heterocycles. The predicted octanol–water partition coefficient (Wildman–Crippen LogP) is 2.48. The van der Waals surface area contributed by atoms with Crippen LogP contribution in [0.4, 0.5) is 0 Å². The SMILES string of the molecule is CNCC(C)CCc1cccc(OC)c1. The zero-order valence-corrected chi connectivity index (χ0v) is 9.92. The fourth-order valence-corrected chi connectivity index (χ4v) is 1.69. The van der Waals surface area contributed by atoms with Crippen LogP contribution in [0, 0.1) is 5.92 Å². The number of hydrogen-bond donors (Lipinski definition) is 1. The van der Waals surface area contributed by atoms with Gasteiger partial charge < -0.3 is 10.1 Å². The molecule has 0 aromatic heterocycles. The van der Waals surface area contributed by atoms with E-state index in [4.69, 9.17) is 4.74 Å². The van der Waals surface area contributed by atoms with E-state index in [2.05, 4.69) is 30.4 Å². The molecule has 2 heteroatoms. The molecule has 0 radical (unpaired) electrons. The van der Waals surface area contributed by atoms with Crippen LogP contribution in [0.2, 0.25) is 0 Å². The number of benzene rings is 1. The molecule has 84 valence electrons. The van der Waals surface area contributed by atoms with Crippen LogP contribution in [0.25, 0.3) is 0 Å². The molecule has 1 atom stereocenters. The molecular weight excluding hydrogens is 186 g/mol. The second kappa shape index (κ2) is 6.46. The first kappa shape index (κ1) is 12.1. The molecule has 1 aromatic carbocycles. The highest BCUT2D eigenvalue weighted by atomic mass is 16.5. The first-order valence-electron chi connectivity index (χ1n) is 5.53. The van der Waals surface area contributed by atoms with Crippen LogP contribution in [-0.2, 0) is 6.42 Å². The molecule has 0 aliphatic rings. The summed E-state index contributed by atoms with van der Waals surface area (Å²) in [5, 5.41) is 3.20. The van der Waals surface area contributed by atoms with Crippen LogP contribution in [0.1, 0.15) is 18.9 Å². The molecule has 0 fully saturated rings. The summed E-state index contributed by atoms with van der Waals surface area (Å²) in [4.78, 5) is 0. The Morgan fingerprint density at radius 2 is 2.20 bits per heavy atom. The van der Waals surface area contributed by atoms with Gasteiger partial charge in [0.1, 0.15) is 5.75 Å². The van der Waals surface area contributed by atoms with E-state index >= 15 is 0 Å². The first-order valence-corrected chi connectivity index (χ1v) is 5.53. The number of hydrogen-bond acceptors (Lipinski definition) is 2. The third-order valence-corrected chi connectivity index (χ3v) is 2.61. The summed E-state index contributed by atoms with van der Waals surface area (Å²) in [6, 6.07) is 8.32. The normalized spacial score (nSPS) is 12.5. The van der Waals surface area contributed by atoms with E-state index in [1.54, 1.807) is 7.11 Å². The van der Waals surface area contributed by atoms with Crippen LogP contribution in [0.3, 0.4) is 0 Å². The lowest BCUT2D eigenvalue weighted by atomic mass is 10.0. The van der Waals surface area contributed by atoms with Gasteiger partial charge in [0.25, 0.3) is 0 Å². The van der Waals surface area contributed by atoms with Crippen LogP contribution in [0.5, 0.6) is 5.75 Å². The minimum Gasteiger partial charge on any atom is -0.497 e. The maximum Gasteiger partial charge on any atom is 0.119 e. The summed E-state index contributed by atoms with van der Waals surface area (Å²) in [7, 11) is 3.71. The van der Waals surface area contributed by atoms with Crippen molar-refractivity contribution >= 4 is 0 Å². The minimum absolute atomic E-state index is 0.723. The highest BCUT2D eigenvalue weighted by Gasteiger charge is 2.02.